The Balaban J connectivity index is 2.33. The largest absolute Gasteiger partial charge is 0.416 e. The smallest absolute Gasteiger partial charge is 0.309 e. The van der Waals surface area contributed by atoms with Gasteiger partial charge in [0.1, 0.15) is 0 Å². The Labute approximate surface area is 135 Å². The molecule has 0 aliphatic heterocycles. The average molecular weight is 429 g/mol. The highest BCUT2D eigenvalue weighted by atomic mass is 79.9. The molecule has 0 aliphatic carbocycles. The van der Waals surface area contributed by atoms with Crippen LogP contribution in [-0.4, -0.2) is 7.05 Å². The Hall–Kier alpha value is -0.370. The third kappa shape index (κ3) is 3.44. The minimum atomic E-state index is -4.30. The molecule has 0 bridgehead atoms. The van der Waals surface area contributed by atoms with Gasteiger partial charge < -0.3 is 5.32 Å². The van der Waals surface area contributed by atoms with Crippen molar-refractivity contribution in [3.8, 4) is 0 Å². The van der Waals surface area contributed by atoms with Crippen molar-refractivity contribution in [2.45, 2.75) is 12.2 Å². The van der Waals surface area contributed by atoms with Gasteiger partial charge in [-0.1, -0.05) is 12.1 Å². The Kier molecular flexibility index (Phi) is 4.94. The van der Waals surface area contributed by atoms with Crippen LogP contribution in [0.2, 0.25) is 0 Å². The van der Waals surface area contributed by atoms with Crippen LogP contribution in [0, 0.1) is 0 Å². The fourth-order valence-electron chi connectivity index (χ4n) is 1.84. The predicted octanol–water partition coefficient (Wildman–Crippen LogP) is 5.60. The third-order valence-corrected chi connectivity index (χ3v) is 6.13. The van der Waals surface area contributed by atoms with Gasteiger partial charge in [0.25, 0.3) is 0 Å². The number of nitrogens with one attached hydrogen (secondary N) is 1. The third-order valence-electron chi connectivity index (χ3n) is 2.81. The van der Waals surface area contributed by atoms with E-state index in [-0.39, 0.29) is 6.04 Å². The molecule has 0 saturated carbocycles. The fraction of sp³-hybridized carbons (Fsp3) is 0.231. The van der Waals surface area contributed by atoms with Gasteiger partial charge in [0.2, 0.25) is 0 Å². The summed E-state index contributed by atoms with van der Waals surface area (Å²) in [6, 6.07) is 7.05. The van der Waals surface area contributed by atoms with Gasteiger partial charge in [-0.3, -0.25) is 0 Å². The SMILES string of the molecule is CNC(c1ccc(C(F)(F)F)cc1)c1cc(Br)c(Br)s1. The molecule has 2 rings (SSSR count). The Morgan fingerprint density at radius 3 is 2.15 bits per heavy atom. The maximum Gasteiger partial charge on any atom is 0.416 e. The first kappa shape index (κ1) is 16.0. The van der Waals surface area contributed by atoms with Crippen LogP contribution in [0.3, 0.4) is 0 Å². The molecule has 0 saturated heterocycles. The zero-order valence-corrected chi connectivity index (χ0v) is 14.3. The molecule has 0 radical (unpaired) electrons. The Bertz CT molecular complexity index is 573. The average Bonchev–Trinajstić information content (AvgIpc) is 2.70. The van der Waals surface area contributed by atoms with E-state index in [4.69, 9.17) is 0 Å². The number of thiophene rings is 1. The molecule has 2 aromatic rings. The molecule has 1 aromatic carbocycles. The summed E-state index contributed by atoms with van der Waals surface area (Å²) >= 11 is 8.37. The summed E-state index contributed by atoms with van der Waals surface area (Å²) in [6.45, 7) is 0. The molecule has 0 spiro atoms. The van der Waals surface area contributed by atoms with Crippen molar-refractivity contribution in [2.24, 2.45) is 0 Å². The number of halogens is 5. The summed E-state index contributed by atoms with van der Waals surface area (Å²) in [4.78, 5) is 1.02. The highest BCUT2D eigenvalue weighted by Gasteiger charge is 2.30. The highest BCUT2D eigenvalue weighted by Crippen LogP contribution is 2.38. The topological polar surface area (TPSA) is 12.0 Å². The number of rotatable bonds is 3. The van der Waals surface area contributed by atoms with Crippen molar-refractivity contribution in [3.63, 3.8) is 0 Å². The van der Waals surface area contributed by atoms with Crippen molar-refractivity contribution in [2.75, 3.05) is 7.05 Å². The van der Waals surface area contributed by atoms with E-state index in [1.807, 2.05) is 6.07 Å². The van der Waals surface area contributed by atoms with Gasteiger partial charge >= 0.3 is 6.18 Å². The van der Waals surface area contributed by atoms with E-state index in [0.717, 1.165) is 30.8 Å². The molecular weight excluding hydrogens is 419 g/mol. The first-order valence-corrected chi connectivity index (χ1v) is 8.02. The van der Waals surface area contributed by atoms with Gasteiger partial charge in [-0.2, -0.15) is 13.2 Å². The van der Waals surface area contributed by atoms with Crippen molar-refractivity contribution in [1.82, 2.24) is 5.32 Å². The molecule has 1 N–H and O–H groups in total. The van der Waals surface area contributed by atoms with Gasteiger partial charge in [-0.05, 0) is 62.7 Å². The van der Waals surface area contributed by atoms with Crippen molar-refractivity contribution >= 4 is 43.2 Å². The van der Waals surface area contributed by atoms with Crippen molar-refractivity contribution in [1.29, 1.82) is 0 Å². The van der Waals surface area contributed by atoms with E-state index in [1.54, 1.807) is 7.05 Å². The second-order valence-corrected chi connectivity index (χ2v) is 7.37. The lowest BCUT2D eigenvalue weighted by Crippen LogP contribution is -2.16. The molecule has 108 valence electrons. The molecule has 1 aromatic heterocycles. The number of hydrogen-bond acceptors (Lipinski definition) is 2. The lowest BCUT2D eigenvalue weighted by atomic mass is 10.0. The number of alkyl halides is 3. The minimum Gasteiger partial charge on any atom is -0.309 e. The van der Waals surface area contributed by atoms with Crippen molar-refractivity contribution in [3.05, 3.63) is 54.6 Å². The van der Waals surface area contributed by atoms with Gasteiger partial charge in [-0.15, -0.1) is 11.3 Å². The van der Waals surface area contributed by atoms with Crippen LogP contribution in [0.5, 0.6) is 0 Å². The fourth-order valence-corrected chi connectivity index (χ4v) is 4.07. The molecule has 20 heavy (non-hydrogen) atoms. The van der Waals surface area contributed by atoms with Gasteiger partial charge in [-0.25, -0.2) is 0 Å². The molecule has 1 nitrogen and oxygen atoms in total. The van der Waals surface area contributed by atoms with Crippen LogP contribution >= 0.6 is 43.2 Å². The lowest BCUT2D eigenvalue weighted by Gasteiger charge is -2.16. The van der Waals surface area contributed by atoms with Crippen LogP contribution in [0.15, 0.2) is 38.6 Å². The summed E-state index contributed by atoms with van der Waals surface area (Å²) in [5.74, 6) is 0. The molecular formula is C13H10Br2F3NS. The normalized spacial score (nSPS) is 13.5. The molecule has 1 atom stereocenters. The maximum atomic E-state index is 12.6. The zero-order chi connectivity index (χ0) is 14.9. The van der Waals surface area contributed by atoms with E-state index in [9.17, 15) is 13.2 Å². The number of benzene rings is 1. The highest BCUT2D eigenvalue weighted by molar-refractivity contribution is 9.13. The number of hydrogen-bond donors (Lipinski definition) is 1. The predicted molar refractivity (Wildman–Crippen MR) is 82.1 cm³/mol. The summed E-state index contributed by atoms with van der Waals surface area (Å²) in [5, 5.41) is 3.12. The van der Waals surface area contributed by atoms with E-state index in [0.29, 0.717) is 0 Å². The maximum absolute atomic E-state index is 12.6. The molecule has 7 heteroatoms. The van der Waals surface area contributed by atoms with E-state index >= 15 is 0 Å². The van der Waals surface area contributed by atoms with E-state index in [2.05, 4.69) is 37.2 Å². The minimum absolute atomic E-state index is 0.134. The quantitative estimate of drug-likeness (QED) is 0.670. The standard InChI is InChI=1S/C13H10Br2F3NS/c1-19-11(10-6-9(14)12(15)20-10)7-2-4-8(5-3-7)13(16,17)18/h2-6,11,19H,1H3. The van der Waals surface area contributed by atoms with Gasteiger partial charge in [0, 0.05) is 9.35 Å². The van der Waals surface area contributed by atoms with Gasteiger partial charge in [0.05, 0.1) is 15.4 Å². The summed E-state index contributed by atoms with van der Waals surface area (Å²) < 4.78 is 39.6. The van der Waals surface area contributed by atoms with Gasteiger partial charge in [0.15, 0.2) is 0 Å². The first-order chi connectivity index (χ1) is 9.32. The van der Waals surface area contributed by atoms with Crippen LogP contribution in [-0.2, 0) is 6.18 Å². The van der Waals surface area contributed by atoms with Crippen LogP contribution in [0.25, 0.3) is 0 Å². The van der Waals surface area contributed by atoms with E-state index < -0.39 is 11.7 Å². The summed E-state index contributed by atoms with van der Waals surface area (Å²) in [7, 11) is 1.78. The lowest BCUT2D eigenvalue weighted by molar-refractivity contribution is -0.137. The second-order valence-electron chi connectivity index (χ2n) is 4.11. The molecule has 0 amide bonds. The summed E-state index contributed by atoms with van der Waals surface area (Å²) in [6.07, 6.45) is -4.30. The van der Waals surface area contributed by atoms with Crippen LogP contribution in [0.4, 0.5) is 13.2 Å². The Morgan fingerprint density at radius 2 is 1.75 bits per heavy atom. The Morgan fingerprint density at radius 1 is 1.15 bits per heavy atom. The van der Waals surface area contributed by atoms with E-state index in [1.165, 1.54) is 23.5 Å². The molecule has 0 aliphatic rings. The van der Waals surface area contributed by atoms with Crippen molar-refractivity contribution < 1.29 is 13.2 Å². The molecule has 0 fully saturated rings. The molecule has 1 heterocycles. The summed E-state index contributed by atoms with van der Waals surface area (Å²) in [5.41, 5.74) is 0.159. The second kappa shape index (κ2) is 6.17. The van der Waals surface area contributed by atoms with Crippen LogP contribution in [0.1, 0.15) is 22.0 Å². The monoisotopic (exact) mass is 427 g/mol. The first-order valence-electron chi connectivity index (χ1n) is 5.62. The van der Waals surface area contributed by atoms with Crippen LogP contribution < -0.4 is 5.32 Å². The zero-order valence-electron chi connectivity index (χ0n) is 10.3. The molecule has 1 unspecified atom stereocenters.